The van der Waals surface area contributed by atoms with Crippen LogP contribution in [0.1, 0.15) is 127 Å². The first kappa shape index (κ1) is 29.1. The Morgan fingerprint density at radius 2 is 1.59 bits per heavy atom. The summed E-state index contributed by atoms with van der Waals surface area (Å²) >= 11 is 0. The fourth-order valence-electron chi connectivity index (χ4n) is 11.2. The minimum atomic E-state index is -0.621. The highest BCUT2D eigenvalue weighted by molar-refractivity contribution is 6.02. The largest absolute Gasteiger partial charge is 0.444 e. The zero-order valence-electron chi connectivity index (χ0n) is 26.4. The molecule has 5 nitrogen and oxygen atoms in total. The van der Waals surface area contributed by atoms with Gasteiger partial charge in [-0.25, -0.2) is 4.79 Å². The second-order valence-electron chi connectivity index (χ2n) is 16.8. The smallest absolute Gasteiger partial charge is 0.408 e. The molecule has 5 aliphatic rings. The lowest BCUT2D eigenvalue weighted by Crippen LogP contribution is -2.67. The Morgan fingerprint density at radius 1 is 0.923 bits per heavy atom. The molecule has 0 saturated heterocycles. The first-order valence-electron chi connectivity index (χ1n) is 15.8. The van der Waals surface area contributed by atoms with Gasteiger partial charge in [0.2, 0.25) is 0 Å². The number of aliphatic hydroxyl groups excluding tert-OH is 1. The summed E-state index contributed by atoms with van der Waals surface area (Å²) in [6.07, 6.45) is 8.10. The molecule has 1 amide bonds. The summed E-state index contributed by atoms with van der Waals surface area (Å²) in [5, 5.41) is 14.3. The topological polar surface area (TPSA) is 75.6 Å². The Kier molecular flexibility index (Phi) is 6.59. The number of alkyl carbamates (subject to hydrolysis) is 1. The molecule has 0 bridgehead atoms. The third kappa shape index (κ3) is 4.02. The summed E-state index contributed by atoms with van der Waals surface area (Å²) in [4.78, 5) is 26.8. The predicted octanol–water partition coefficient (Wildman–Crippen LogP) is 7.61. The molecule has 5 aliphatic carbocycles. The number of carbonyl (C=O) groups is 2. The number of ether oxygens (including phenoxy) is 1. The van der Waals surface area contributed by atoms with Crippen LogP contribution in [-0.4, -0.2) is 34.2 Å². The highest BCUT2D eigenvalue weighted by atomic mass is 16.6. The fraction of sp³-hybridized carbons (Fsp3) is 0.882. The number of fused-ring (bicyclic) bond motifs is 7. The molecule has 220 valence electrons. The zero-order valence-corrected chi connectivity index (χ0v) is 26.4. The third-order valence-corrected chi connectivity index (χ3v) is 13.2. The van der Waals surface area contributed by atoms with E-state index in [0.717, 1.165) is 50.5 Å². The molecule has 0 aromatic rings. The Bertz CT molecular complexity index is 1080. The van der Waals surface area contributed by atoms with E-state index in [1.54, 1.807) is 0 Å². The number of ketones is 1. The number of hydrogen-bond donors (Lipinski definition) is 2. The maximum absolute atomic E-state index is 13.7. The number of amides is 1. The second-order valence-corrected chi connectivity index (χ2v) is 16.8. The first-order valence-corrected chi connectivity index (χ1v) is 15.8. The van der Waals surface area contributed by atoms with Crippen LogP contribution >= 0.6 is 0 Å². The van der Waals surface area contributed by atoms with Crippen LogP contribution in [0.15, 0.2) is 11.1 Å². The van der Waals surface area contributed by atoms with Crippen LogP contribution in [0.3, 0.4) is 0 Å². The van der Waals surface area contributed by atoms with Gasteiger partial charge in [-0.15, -0.1) is 0 Å². The van der Waals surface area contributed by atoms with E-state index in [9.17, 15) is 14.7 Å². The highest BCUT2D eigenvalue weighted by Crippen LogP contribution is 2.75. The van der Waals surface area contributed by atoms with E-state index in [2.05, 4.69) is 53.8 Å². The van der Waals surface area contributed by atoms with Crippen LogP contribution in [0.5, 0.6) is 0 Å². The van der Waals surface area contributed by atoms with Gasteiger partial charge in [-0.2, -0.15) is 0 Å². The first-order chi connectivity index (χ1) is 17.8. The van der Waals surface area contributed by atoms with Gasteiger partial charge in [-0.3, -0.25) is 4.79 Å². The zero-order chi connectivity index (χ0) is 29.0. The molecule has 2 N–H and O–H groups in total. The van der Waals surface area contributed by atoms with Crippen molar-refractivity contribution in [1.29, 1.82) is 0 Å². The van der Waals surface area contributed by atoms with Gasteiger partial charge in [0, 0.05) is 6.42 Å². The van der Waals surface area contributed by atoms with Crippen LogP contribution in [0.25, 0.3) is 0 Å². The van der Waals surface area contributed by atoms with E-state index in [1.165, 1.54) is 12.0 Å². The van der Waals surface area contributed by atoms with E-state index < -0.39 is 17.2 Å². The maximum atomic E-state index is 13.7. The van der Waals surface area contributed by atoms with Gasteiger partial charge < -0.3 is 15.2 Å². The number of Topliss-reactive ketones (excluding diaryl/α,β-unsaturated/α-hetero) is 1. The van der Waals surface area contributed by atoms with Crippen molar-refractivity contribution in [2.75, 3.05) is 0 Å². The Labute approximate surface area is 237 Å². The van der Waals surface area contributed by atoms with Crippen molar-refractivity contribution in [2.24, 2.45) is 45.3 Å². The number of aliphatic hydroxyl groups is 1. The Morgan fingerprint density at radius 3 is 2.21 bits per heavy atom. The van der Waals surface area contributed by atoms with Crippen LogP contribution in [0.2, 0.25) is 0 Å². The summed E-state index contributed by atoms with van der Waals surface area (Å²) in [7, 11) is 0. The lowest BCUT2D eigenvalue weighted by Gasteiger charge is -2.72. The van der Waals surface area contributed by atoms with E-state index in [4.69, 9.17) is 4.74 Å². The number of allylic oxidation sites excluding steroid dienone is 1. The summed E-state index contributed by atoms with van der Waals surface area (Å²) in [5.74, 6) is 1.77. The van der Waals surface area contributed by atoms with Crippen molar-refractivity contribution >= 4 is 11.9 Å². The Balaban J connectivity index is 1.56. The van der Waals surface area contributed by atoms with Crippen molar-refractivity contribution in [3.05, 3.63) is 11.1 Å². The quantitative estimate of drug-likeness (QED) is 0.377. The van der Waals surface area contributed by atoms with Gasteiger partial charge in [0.1, 0.15) is 5.60 Å². The Hall–Kier alpha value is -1.36. The molecular weight excluding hydrogens is 486 g/mol. The van der Waals surface area contributed by atoms with Crippen molar-refractivity contribution in [3.8, 4) is 0 Å². The summed E-state index contributed by atoms with van der Waals surface area (Å²) in [5.41, 5.74) is 1.38. The average Bonchev–Trinajstić information content (AvgIpc) is 3.07. The van der Waals surface area contributed by atoms with Gasteiger partial charge in [0.25, 0.3) is 0 Å². The van der Waals surface area contributed by atoms with Crippen LogP contribution < -0.4 is 5.32 Å². The molecule has 4 saturated carbocycles. The van der Waals surface area contributed by atoms with Crippen LogP contribution in [-0.2, 0) is 9.53 Å². The summed E-state index contributed by atoms with van der Waals surface area (Å²) in [6, 6.07) is 0. The van der Waals surface area contributed by atoms with Gasteiger partial charge in [0.15, 0.2) is 5.78 Å². The fourth-order valence-corrected chi connectivity index (χ4v) is 11.2. The minimum Gasteiger partial charge on any atom is -0.444 e. The molecule has 0 heterocycles. The van der Waals surface area contributed by atoms with E-state index in [-0.39, 0.29) is 45.4 Å². The normalized spacial score (nSPS) is 45.3. The summed E-state index contributed by atoms with van der Waals surface area (Å²) in [6.45, 7) is 22.2. The number of rotatable bonds is 2. The lowest BCUT2D eigenvalue weighted by molar-refractivity contribution is -0.227. The molecule has 0 aromatic heterocycles. The molecule has 0 aromatic carbocycles. The van der Waals surface area contributed by atoms with E-state index in [0.29, 0.717) is 18.3 Å². The molecule has 0 aliphatic heterocycles. The SMILES string of the molecule is CC(C)C1=C2[C@H]3CC[C@@H]4[C@@]5(C)CC[C@H](O)C(C)(C)[C@@H]5CC[C@@]4(C)[C@]3(C)CC[C@@]2(NC(=O)OC(C)(C)C)CC1=O. The average molecular weight is 542 g/mol. The summed E-state index contributed by atoms with van der Waals surface area (Å²) < 4.78 is 5.74. The van der Waals surface area contributed by atoms with E-state index in [1.807, 2.05) is 20.8 Å². The third-order valence-electron chi connectivity index (χ3n) is 13.2. The second kappa shape index (κ2) is 8.82. The molecule has 0 unspecified atom stereocenters. The number of nitrogens with one attached hydrogen (secondary N) is 1. The van der Waals surface area contributed by atoms with Crippen molar-refractivity contribution < 1.29 is 19.4 Å². The molecule has 5 heteroatoms. The molecule has 39 heavy (non-hydrogen) atoms. The number of hydrogen-bond acceptors (Lipinski definition) is 4. The van der Waals surface area contributed by atoms with E-state index >= 15 is 0 Å². The molecule has 4 fully saturated rings. The van der Waals surface area contributed by atoms with Crippen LogP contribution in [0, 0.1) is 45.3 Å². The highest BCUT2D eigenvalue weighted by Gasteiger charge is 2.70. The van der Waals surface area contributed by atoms with Crippen molar-refractivity contribution in [3.63, 3.8) is 0 Å². The predicted molar refractivity (Wildman–Crippen MR) is 155 cm³/mol. The van der Waals surface area contributed by atoms with Gasteiger partial charge in [-0.05, 0) is 129 Å². The molecule has 0 radical (unpaired) electrons. The van der Waals surface area contributed by atoms with Gasteiger partial charge >= 0.3 is 6.09 Å². The van der Waals surface area contributed by atoms with Gasteiger partial charge in [-0.1, -0.05) is 48.5 Å². The minimum absolute atomic E-state index is 0.0588. The van der Waals surface area contributed by atoms with Crippen LogP contribution in [0.4, 0.5) is 4.79 Å². The molecule has 8 atom stereocenters. The maximum Gasteiger partial charge on any atom is 0.408 e. The van der Waals surface area contributed by atoms with Crippen molar-refractivity contribution in [1.82, 2.24) is 5.32 Å². The lowest BCUT2D eigenvalue weighted by atomic mass is 9.33. The molecular formula is C34H55NO4. The van der Waals surface area contributed by atoms with Gasteiger partial charge in [0.05, 0.1) is 11.6 Å². The monoisotopic (exact) mass is 541 g/mol. The molecule has 0 spiro atoms. The molecule has 5 rings (SSSR count). The van der Waals surface area contributed by atoms with Crippen molar-refractivity contribution in [2.45, 2.75) is 144 Å². The number of carbonyl (C=O) groups excluding carboxylic acids is 2. The standard InChI is InChI=1S/C34H55NO4/c1-20(2)26-22(36)19-34(35-28(38)39-29(3,4)5)18-17-32(9)21(27(26)34)11-12-24-31(8)15-14-25(37)30(6,7)23(31)13-16-33(24,32)10/h20-21,23-25,37H,11-19H2,1-10H3,(H,35,38)/t21-,23+,24-,25+,31+,32-,33-,34-/m1/s1.